The molecule has 0 unspecified atom stereocenters. The molecule has 0 aliphatic rings. The first-order valence-corrected chi connectivity index (χ1v) is 9.15. The summed E-state index contributed by atoms with van der Waals surface area (Å²) in [7, 11) is 0. The van der Waals surface area contributed by atoms with Gasteiger partial charge in [-0.1, -0.05) is 0 Å². The van der Waals surface area contributed by atoms with Crippen molar-refractivity contribution in [2.75, 3.05) is 0 Å². The fraction of sp³-hybridized carbons (Fsp3) is 0.333. The molecule has 0 spiro atoms. The summed E-state index contributed by atoms with van der Waals surface area (Å²) in [6.45, 7) is 0. The maximum Gasteiger partial charge on any atom is 0.483 e. The van der Waals surface area contributed by atoms with Gasteiger partial charge in [0.05, 0.1) is 0 Å². The van der Waals surface area contributed by atoms with Gasteiger partial charge in [0.2, 0.25) is 11.6 Å². The van der Waals surface area contributed by atoms with E-state index in [1.54, 1.807) is 0 Å². The lowest BCUT2D eigenvalue weighted by Crippen LogP contribution is -2.55. The summed E-state index contributed by atoms with van der Waals surface area (Å²) in [5, 5.41) is 0. The summed E-state index contributed by atoms with van der Waals surface area (Å²) >= 11 is 0. The highest BCUT2D eigenvalue weighted by Gasteiger charge is 2.73. The maximum absolute atomic E-state index is 14.8. The van der Waals surface area contributed by atoms with E-state index in [1.807, 2.05) is 4.74 Å². The minimum absolute atomic E-state index is 1.46. The maximum atomic E-state index is 14.8. The van der Waals surface area contributed by atoms with E-state index in [1.165, 1.54) is 4.74 Å². The van der Waals surface area contributed by atoms with Crippen LogP contribution in [0.2, 0.25) is 0 Å². The van der Waals surface area contributed by atoms with Gasteiger partial charge in [0, 0.05) is 11.1 Å². The minimum atomic E-state index is -7.66. The molecular formula is C18HF21O2. The molecule has 23 heteroatoms. The van der Waals surface area contributed by atoms with Crippen molar-refractivity contribution in [3.8, 4) is 0 Å². The molecule has 0 heterocycles. The molecule has 2 aromatic rings. The van der Waals surface area contributed by atoms with Crippen LogP contribution in [0, 0.1) is 58.2 Å². The Labute approximate surface area is 208 Å². The van der Waals surface area contributed by atoms with Gasteiger partial charge in [-0.25, -0.2) is 53.4 Å². The largest absolute Gasteiger partial charge is 0.483 e. The molecule has 2 rings (SSSR count). The summed E-state index contributed by atoms with van der Waals surface area (Å²) in [6, 6.07) is 0. The van der Waals surface area contributed by atoms with Crippen molar-refractivity contribution in [2.45, 2.75) is 36.5 Å². The van der Waals surface area contributed by atoms with Gasteiger partial charge in [0.1, 0.15) is 5.92 Å². The van der Waals surface area contributed by atoms with Gasteiger partial charge in [-0.05, 0) is 0 Å². The molecule has 0 atom stereocenters. The van der Waals surface area contributed by atoms with Gasteiger partial charge < -0.3 is 0 Å². The van der Waals surface area contributed by atoms with Crippen LogP contribution in [0.1, 0.15) is 17.0 Å². The molecule has 41 heavy (non-hydrogen) atoms. The number of hydrogen-bond acceptors (Lipinski definition) is 2. The van der Waals surface area contributed by atoms with Crippen LogP contribution < -0.4 is 0 Å². The van der Waals surface area contributed by atoms with E-state index >= 15 is 0 Å². The Morgan fingerprint density at radius 3 is 0.854 bits per heavy atom. The molecule has 0 saturated heterocycles. The van der Waals surface area contributed by atoms with Gasteiger partial charge in [-0.3, -0.25) is 0 Å². The van der Waals surface area contributed by atoms with Crippen LogP contribution in [0.4, 0.5) is 92.2 Å². The average molecular weight is 648 g/mol. The van der Waals surface area contributed by atoms with Crippen LogP contribution in [-0.2, 0) is 9.47 Å². The standard InChI is InChI=1S/C18HF21O2/c19-4-1(5(20)9(24)12(27)8(4)23)3(2-6(21)10(25)13(28)11(26)7(2)22)14(29,30)40-17(36,37)18(38,39)41-16(34,35)15(31,32)33/h3H. The van der Waals surface area contributed by atoms with E-state index in [0.29, 0.717) is 0 Å². The molecule has 0 aliphatic heterocycles. The first-order chi connectivity index (χ1) is 18.1. The Balaban J connectivity index is 2.94. The Morgan fingerprint density at radius 2 is 0.585 bits per heavy atom. The Kier molecular flexibility index (Phi) is 8.57. The first kappa shape index (κ1) is 34.1. The van der Waals surface area contributed by atoms with Gasteiger partial charge in [0.25, 0.3) is 0 Å². The van der Waals surface area contributed by atoms with Gasteiger partial charge in [-0.15, -0.1) is 0 Å². The predicted molar refractivity (Wildman–Crippen MR) is 82.3 cm³/mol. The second-order valence-electron chi connectivity index (χ2n) is 7.21. The van der Waals surface area contributed by atoms with Crippen LogP contribution in [0.5, 0.6) is 0 Å². The lowest BCUT2D eigenvalue weighted by atomic mass is 9.87. The van der Waals surface area contributed by atoms with Crippen molar-refractivity contribution in [3.63, 3.8) is 0 Å². The summed E-state index contributed by atoms with van der Waals surface area (Å²) in [6.07, 6.45) is -37.1. The molecule has 0 radical (unpaired) electrons. The highest BCUT2D eigenvalue weighted by atomic mass is 19.4. The monoisotopic (exact) mass is 648 g/mol. The normalized spacial score (nSPS) is 13.9. The third-order valence-electron chi connectivity index (χ3n) is 4.59. The Morgan fingerprint density at radius 1 is 0.341 bits per heavy atom. The third kappa shape index (κ3) is 5.68. The van der Waals surface area contributed by atoms with Crippen LogP contribution in [0.25, 0.3) is 0 Å². The average Bonchev–Trinajstić information content (AvgIpc) is 2.80. The smallest absolute Gasteiger partial charge is 0.247 e. The number of ether oxygens (including phenoxy) is 2. The van der Waals surface area contributed by atoms with E-state index in [0.717, 1.165) is 0 Å². The Hall–Kier alpha value is -3.11. The lowest BCUT2D eigenvalue weighted by molar-refractivity contribution is -0.537. The molecule has 0 aromatic heterocycles. The molecule has 2 aromatic carbocycles. The molecule has 0 amide bonds. The van der Waals surface area contributed by atoms with Gasteiger partial charge >= 0.3 is 30.6 Å². The third-order valence-corrected chi connectivity index (χ3v) is 4.59. The van der Waals surface area contributed by atoms with Crippen LogP contribution in [0.3, 0.4) is 0 Å². The number of rotatable bonds is 8. The van der Waals surface area contributed by atoms with Crippen LogP contribution in [-0.4, -0.2) is 30.6 Å². The van der Waals surface area contributed by atoms with Crippen LogP contribution in [0.15, 0.2) is 0 Å². The van der Waals surface area contributed by atoms with Crippen molar-refractivity contribution in [2.24, 2.45) is 0 Å². The van der Waals surface area contributed by atoms with Crippen molar-refractivity contribution in [3.05, 3.63) is 69.3 Å². The summed E-state index contributed by atoms with van der Waals surface area (Å²) in [5.41, 5.74) is -7.01. The fourth-order valence-corrected chi connectivity index (χ4v) is 2.80. The highest BCUT2D eigenvalue weighted by Crippen LogP contribution is 2.52. The number of alkyl halides is 11. The summed E-state index contributed by atoms with van der Waals surface area (Å²) in [4.78, 5) is 0. The quantitative estimate of drug-likeness (QED) is 0.164. The van der Waals surface area contributed by atoms with E-state index < -0.39 is 106 Å². The summed E-state index contributed by atoms with van der Waals surface area (Å²) < 4.78 is 287. The second-order valence-corrected chi connectivity index (χ2v) is 7.21. The van der Waals surface area contributed by atoms with Crippen molar-refractivity contribution in [1.29, 1.82) is 0 Å². The first-order valence-electron chi connectivity index (χ1n) is 9.15. The van der Waals surface area contributed by atoms with E-state index in [9.17, 15) is 92.2 Å². The zero-order valence-corrected chi connectivity index (χ0v) is 17.8. The van der Waals surface area contributed by atoms with Gasteiger partial charge in [0.15, 0.2) is 46.5 Å². The predicted octanol–water partition coefficient (Wildman–Crippen LogP) is 8.18. The fourth-order valence-electron chi connectivity index (χ4n) is 2.80. The van der Waals surface area contributed by atoms with E-state index in [4.69, 9.17) is 0 Å². The topological polar surface area (TPSA) is 18.5 Å². The van der Waals surface area contributed by atoms with Crippen molar-refractivity contribution >= 4 is 0 Å². The van der Waals surface area contributed by atoms with Gasteiger partial charge in [-0.2, -0.15) is 48.3 Å². The highest BCUT2D eigenvalue weighted by molar-refractivity contribution is 5.40. The van der Waals surface area contributed by atoms with E-state index in [-0.39, 0.29) is 0 Å². The second kappa shape index (κ2) is 10.3. The molecule has 0 N–H and O–H groups in total. The van der Waals surface area contributed by atoms with Crippen molar-refractivity contribution < 1.29 is 102 Å². The molecular weight excluding hydrogens is 647 g/mol. The molecule has 2 nitrogen and oxygen atoms in total. The molecule has 0 bridgehead atoms. The number of benzene rings is 2. The number of hydrogen-bond donors (Lipinski definition) is 0. The molecule has 232 valence electrons. The minimum Gasteiger partial charge on any atom is -0.247 e. The zero-order chi connectivity index (χ0) is 32.4. The molecule has 0 saturated carbocycles. The zero-order valence-electron chi connectivity index (χ0n) is 17.8. The summed E-state index contributed by atoms with van der Waals surface area (Å²) in [5.74, 6) is -40.3. The Bertz CT molecular complexity index is 1220. The van der Waals surface area contributed by atoms with Crippen LogP contribution >= 0.6 is 0 Å². The SMILES string of the molecule is Fc1c(F)c(F)c(C(c2c(F)c(F)c(F)c(F)c2F)C(F)(F)OC(F)(F)C(F)(F)OC(F)(F)C(F)(F)F)c(F)c1F. The molecule has 0 fully saturated rings. The molecule has 0 aliphatic carbocycles. The van der Waals surface area contributed by atoms with Crippen molar-refractivity contribution in [1.82, 2.24) is 0 Å². The lowest BCUT2D eigenvalue weighted by Gasteiger charge is -2.34. The number of halogens is 21. The van der Waals surface area contributed by atoms with E-state index in [2.05, 4.69) is 0 Å².